The summed E-state index contributed by atoms with van der Waals surface area (Å²) in [7, 11) is 4.58. The summed E-state index contributed by atoms with van der Waals surface area (Å²) in [5.74, 6) is -5.95. The molecule has 1 saturated heterocycles. The number of methoxy groups -OCH3 is 4. The molecule has 0 spiro atoms. The first-order chi connectivity index (χ1) is 14.4. The second-order valence-corrected chi connectivity index (χ2v) is 6.88. The lowest BCUT2D eigenvalue weighted by molar-refractivity contribution is -0.171. The minimum absolute atomic E-state index is 0.584. The minimum Gasteiger partial charge on any atom is -0.469 e. The van der Waals surface area contributed by atoms with E-state index in [2.05, 4.69) is 5.10 Å². The Morgan fingerprint density at radius 2 is 1.63 bits per heavy atom. The number of carbonyl (C=O) groups excluding carboxylic acids is 4. The van der Waals surface area contributed by atoms with Gasteiger partial charge in [0, 0.05) is 0 Å². The van der Waals surface area contributed by atoms with Crippen LogP contribution in [-0.2, 0) is 38.1 Å². The SMILES string of the molecule is COC(=O)CC1(C(=O)OC)C(C(=O)OC)C(C(=O)OC)C2c3ccccc3C=NN21. The number of carbonyl (C=O) groups is 4. The first-order valence-electron chi connectivity index (χ1n) is 9.10. The van der Waals surface area contributed by atoms with Crippen LogP contribution in [-0.4, -0.2) is 69.1 Å². The molecule has 1 fully saturated rings. The van der Waals surface area contributed by atoms with Crippen LogP contribution in [0.5, 0.6) is 0 Å². The van der Waals surface area contributed by atoms with E-state index in [1.807, 2.05) is 0 Å². The van der Waals surface area contributed by atoms with Crippen molar-refractivity contribution >= 4 is 30.1 Å². The second kappa shape index (κ2) is 8.13. The van der Waals surface area contributed by atoms with Gasteiger partial charge in [0.25, 0.3) is 0 Å². The lowest BCUT2D eigenvalue weighted by Gasteiger charge is -2.39. The van der Waals surface area contributed by atoms with Gasteiger partial charge in [0.15, 0.2) is 5.54 Å². The molecule has 0 bridgehead atoms. The van der Waals surface area contributed by atoms with Gasteiger partial charge in [-0.15, -0.1) is 0 Å². The number of hydrogen-bond donors (Lipinski definition) is 0. The van der Waals surface area contributed by atoms with Gasteiger partial charge in [-0.05, 0) is 11.1 Å². The third-order valence-corrected chi connectivity index (χ3v) is 5.63. The quantitative estimate of drug-likeness (QED) is 0.495. The van der Waals surface area contributed by atoms with Crippen molar-refractivity contribution in [2.24, 2.45) is 16.9 Å². The zero-order chi connectivity index (χ0) is 22.1. The number of esters is 4. The first kappa shape index (κ1) is 21.3. The molecule has 0 saturated carbocycles. The lowest BCUT2D eigenvalue weighted by Crippen LogP contribution is -2.57. The molecule has 4 unspecified atom stereocenters. The number of ether oxygens (including phenoxy) is 4. The highest BCUT2D eigenvalue weighted by Crippen LogP contribution is 2.55. The Bertz CT molecular complexity index is 914. The van der Waals surface area contributed by atoms with E-state index in [9.17, 15) is 19.2 Å². The summed E-state index contributed by atoms with van der Waals surface area (Å²) in [6, 6.07) is 6.23. The van der Waals surface area contributed by atoms with Crippen molar-refractivity contribution in [1.29, 1.82) is 0 Å². The predicted molar refractivity (Wildman–Crippen MR) is 101 cm³/mol. The number of hydrazone groups is 1. The summed E-state index contributed by atoms with van der Waals surface area (Å²) >= 11 is 0. The third-order valence-electron chi connectivity index (χ3n) is 5.63. The first-order valence-corrected chi connectivity index (χ1v) is 9.10. The highest BCUT2D eigenvalue weighted by molar-refractivity contribution is 5.98. The van der Waals surface area contributed by atoms with Gasteiger partial charge in [0.05, 0.1) is 53.0 Å². The Morgan fingerprint density at radius 3 is 2.23 bits per heavy atom. The maximum atomic E-state index is 13.1. The molecule has 1 aromatic rings. The third kappa shape index (κ3) is 2.99. The van der Waals surface area contributed by atoms with E-state index in [0.717, 1.165) is 21.3 Å². The zero-order valence-corrected chi connectivity index (χ0v) is 17.0. The Balaban J connectivity index is 2.34. The van der Waals surface area contributed by atoms with E-state index >= 15 is 0 Å². The number of benzene rings is 1. The molecular weight excluding hydrogens is 396 g/mol. The molecule has 4 atom stereocenters. The van der Waals surface area contributed by atoms with Crippen molar-refractivity contribution in [3.8, 4) is 0 Å². The fraction of sp³-hybridized carbons (Fsp3) is 0.450. The molecule has 2 heterocycles. The molecule has 2 aliphatic heterocycles. The van der Waals surface area contributed by atoms with Gasteiger partial charge in [0.1, 0.15) is 5.92 Å². The molecule has 10 heteroatoms. The number of fused-ring (bicyclic) bond motifs is 3. The monoisotopic (exact) mass is 418 g/mol. The molecule has 0 aliphatic carbocycles. The maximum absolute atomic E-state index is 13.1. The van der Waals surface area contributed by atoms with Crippen LogP contribution in [0.2, 0.25) is 0 Å². The van der Waals surface area contributed by atoms with Gasteiger partial charge in [0.2, 0.25) is 0 Å². The topological polar surface area (TPSA) is 121 Å². The summed E-state index contributed by atoms with van der Waals surface area (Å²) in [6.45, 7) is 0. The summed E-state index contributed by atoms with van der Waals surface area (Å²) in [5, 5.41) is 5.64. The fourth-order valence-electron chi connectivity index (χ4n) is 4.37. The van der Waals surface area contributed by atoms with Gasteiger partial charge >= 0.3 is 23.9 Å². The van der Waals surface area contributed by atoms with E-state index in [0.29, 0.717) is 11.1 Å². The van der Waals surface area contributed by atoms with Crippen LogP contribution < -0.4 is 0 Å². The predicted octanol–water partition coefficient (Wildman–Crippen LogP) is 0.444. The smallest absolute Gasteiger partial charge is 0.334 e. The van der Waals surface area contributed by atoms with Crippen molar-refractivity contribution in [3.63, 3.8) is 0 Å². The molecule has 10 nitrogen and oxygen atoms in total. The Hall–Kier alpha value is -3.43. The van der Waals surface area contributed by atoms with Gasteiger partial charge < -0.3 is 18.9 Å². The number of nitrogens with zero attached hydrogens (tertiary/aromatic N) is 2. The normalized spacial score (nSPS) is 26.3. The van der Waals surface area contributed by atoms with E-state index in [4.69, 9.17) is 18.9 Å². The molecule has 0 amide bonds. The summed E-state index contributed by atoms with van der Waals surface area (Å²) in [4.78, 5) is 51.3. The highest BCUT2D eigenvalue weighted by Gasteiger charge is 2.71. The van der Waals surface area contributed by atoms with Crippen LogP contribution in [0.1, 0.15) is 23.6 Å². The Kier molecular flexibility index (Phi) is 5.77. The minimum atomic E-state index is -1.97. The molecule has 30 heavy (non-hydrogen) atoms. The van der Waals surface area contributed by atoms with Crippen molar-refractivity contribution in [2.75, 3.05) is 28.4 Å². The molecule has 2 aliphatic rings. The van der Waals surface area contributed by atoms with Gasteiger partial charge in [-0.2, -0.15) is 5.10 Å². The summed E-state index contributed by atoms with van der Waals surface area (Å²) in [6.07, 6.45) is 0.911. The molecule has 1 aromatic carbocycles. The molecule has 0 aromatic heterocycles. The van der Waals surface area contributed by atoms with Crippen LogP contribution in [0, 0.1) is 11.8 Å². The van der Waals surface area contributed by atoms with Crippen molar-refractivity contribution in [1.82, 2.24) is 5.01 Å². The molecule has 3 rings (SSSR count). The zero-order valence-electron chi connectivity index (χ0n) is 17.0. The Labute approximate surface area is 172 Å². The van der Waals surface area contributed by atoms with Crippen LogP contribution in [0.4, 0.5) is 0 Å². The molecular formula is C20H22N2O8. The highest BCUT2D eigenvalue weighted by atomic mass is 16.5. The van der Waals surface area contributed by atoms with Gasteiger partial charge in [-0.25, -0.2) is 4.79 Å². The van der Waals surface area contributed by atoms with Crippen LogP contribution in [0.3, 0.4) is 0 Å². The van der Waals surface area contributed by atoms with Gasteiger partial charge in [-0.1, -0.05) is 24.3 Å². The molecule has 0 radical (unpaired) electrons. The van der Waals surface area contributed by atoms with E-state index in [-0.39, 0.29) is 0 Å². The lowest BCUT2D eigenvalue weighted by atomic mass is 9.75. The van der Waals surface area contributed by atoms with Crippen molar-refractivity contribution < 1.29 is 38.1 Å². The van der Waals surface area contributed by atoms with Crippen LogP contribution in [0.25, 0.3) is 0 Å². The van der Waals surface area contributed by atoms with Crippen molar-refractivity contribution in [3.05, 3.63) is 35.4 Å². The van der Waals surface area contributed by atoms with Crippen LogP contribution in [0.15, 0.2) is 29.4 Å². The summed E-state index contributed by atoms with van der Waals surface area (Å²) < 4.78 is 19.7. The van der Waals surface area contributed by atoms with Crippen LogP contribution >= 0.6 is 0 Å². The van der Waals surface area contributed by atoms with E-state index in [1.54, 1.807) is 24.3 Å². The number of hydrogen-bond acceptors (Lipinski definition) is 10. The average Bonchev–Trinajstić information content (AvgIpc) is 3.08. The van der Waals surface area contributed by atoms with Gasteiger partial charge in [-0.3, -0.25) is 19.4 Å². The summed E-state index contributed by atoms with van der Waals surface area (Å²) in [5.41, 5.74) is -0.620. The molecule has 160 valence electrons. The Morgan fingerprint density at radius 1 is 0.967 bits per heavy atom. The molecule has 0 N–H and O–H groups in total. The van der Waals surface area contributed by atoms with E-state index in [1.165, 1.54) is 18.3 Å². The second-order valence-electron chi connectivity index (χ2n) is 6.88. The largest absolute Gasteiger partial charge is 0.469 e. The number of rotatable bonds is 5. The van der Waals surface area contributed by atoms with Crippen molar-refractivity contribution in [2.45, 2.75) is 18.0 Å². The average molecular weight is 418 g/mol. The maximum Gasteiger partial charge on any atom is 0.334 e. The van der Waals surface area contributed by atoms with E-state index < -0.39 is 53.7 Å². The fourth-order valence-corrected chi connectivity index (χ4v) is 4.37. The standard InChI is InChI=1S/C20H22N2O8/c1-27-13(23)9-20(19(26)30-4)15(18(25)29-3)14(17(24)28-2)16-12-8-6-5-7-11(12)10-21-22(16)20/h5-8,10,14-16H,9H2,1-4H3.